The molecule has 73 heavy (non-hydrogen) atoms. The number of amides is 1. The van der Waals surface area contributed by atoms with E-state index >= 15 is 0 Å². The summed E-state index contributed by atoms with van der Waals surface area (Å²) in [6, 6.07) is -0.990. The number of nitrogens with one attached hydrogen (secondary N) is 1. The Morgan fingerprint density at radius 2 is 0.904 bits per heavy atom. The molecule has 3 heterocycles. The van der Waals surface area contributed by atoms with E-state index in [4.69, 9.17) is 28.4 Å². The van der Waals surface area contributed by atoms with Gasteiger partial charge in [-0.2, -0.15) is 0 Å². The lowest BCUT2D eigenvalue weighted by atomic mass is 9.96. The molecule has 3 rings (SSSR count). The summed E-state index contributed by atoms with van der Waals surface area (Å²) in [4.78, 5) is 13.2. The zero-order chi connectivity index (χ0) is 53.4. The van der Waals surface area contributed by atoms with Gasteiger partial charge in [-0.25, -0.2) is 0 Å². The van der Waals surface area contributed by atoms with E-state index in [1.54, 1.807) is 12.2 Å². The lowest BCUT2D eigenvalue weighted by Crippen LogP contribution is -2.66. The third-order valence-electron chi connectivity index (χ3n) is 14.0. The van der Waals surface area contributed by atoms with Gasteiger partial charge >= 0.3 is 0 Å². The second-order valence-corrected chi connectivity index (χ2v) is 20.0. The third-order valence-corrected chi connectivity index (χ3v) is 14.0. The number of rotatable bonds is 39. The Hall–Kier alpha value is -1.99. The molecule has 0 radical (unpaired) electrons. The second kappa shape index (κ2) is 38.5. The van der Waals surface area contributed by atoms with Crippen LogP contribution in [0.15, 0.2) is 36.5 Å². The molecular formula is C54H97NO18. The Morgan fingerprint density at radius 3 is 1.37 bits per heavy atom. The SMILES string of the molecule is C/C=C/CC/C=C/CC/C=C/C(O)C(COC1OC(CO)C(OC2OC(CO)C(OC3OC(CO)C(O)C(O)C3O)C(O)C2O)C(O)C1O)NC(=O)CCCCCCCCCCCCCCCCCCCCC. The van der Waals surface area contributed by atoms with Gasteiger partial charge < -0.3 is 89.9 Å². The highest BCUT2D eigenvalue weighted by Crippen LogP contribution is 2.33. The summed E-state index contributed by atoms with van der Waals surface area (Å²) in [5, 5.41) is 120. The number of aliphatic hydroxyl groups excluding tert-OH is 11. The topological polar surface area (TPSA) is 307 Å². The molecule has 426 valence electrons. The first-order valence-electron chi connectivity index (χ1n) is 27.7. The van der Waals surface area contributed by atoms with Gasteiger partial charge in [0.25, 0.3) is 0 Å². The number of hydrogen-bond acceptors (Lipinski definition) is 18. The summed E-state index contributed by atoms with van der Waals surface area (Å²) in [5.74, 6) is -0.292. The smallest absolute Gasteiger partial charge is 0.220 e. The molecule has 0 aromatic rings. The number of ether oxygens (including phenoxy) is 6. The summed E-state index contributed by atoms with van der Waals surface area (Å²) in [6.07, 6.45) is 11.8. The molecule has 0 aromatic heterocycles. The van der Waals surface area contributed by atoms with Crippen molar-refractivity contribution in [2.45, 2.75) is 272 Å². The minimum Gasteiger partial charge on any atom is -0.394 e. The van der Waals surface area contributed by atoms with Crippen molar-refractivity contribution in [3.05, 3.63) is 36.5 Å². The van der Waals surface area contributed by atoms with Gasteiger partial charge in [0.05, 0.1) is 38.6 Å². The first-order chi connectivity index (χ1) is 35.3. The molecule has 0 bridgehead atoms. The number of allylic oxidation sites excluding steroid dienone is 5. The van der Waals surface area contributed by atoms with Gasteiger partial charge in [0.2, 0.25) is 5.91 Å². The number of carbonyl (C=O) groups excluding carboxylic acids is 1. The quantitative estimate of drug-likeness (QED) is 0.0310. The predicted octanol–water partition coefficient (Wildman–Crippen LogP) is 3.37. The summed E-state index contributed by atoms with van der Waals surface area (Å²) in [7, 11) is 0. The van der Waals surface area contributed by atoms with Crippen LogP contribution in [0, 0.1) is 0 Å². The summed E-state index contributed by atoms with van der Waals surface area (Å²) in [5.41, 5.74) is 0. The maximum absolute atomic E-state index is 13.2. The molecule has 17 unspecified atom stereocenters. The van der Waals surface area contributed by atoms with Crippen molar-refractivity contribution >= 4 is 5.91 Å². The summed E-state index contributed by atoms with van der Waals surface area (Å²) in [6.45, 7) is 1.44. The molecule has 12 N–H and O–H groups in total. The average Bonchev–Trinajstić information content (AvgIpc) is 3.39. The van der Waals surface area contributed by atoms with Crippen LogP contribution in [-0.2, 0) is 33.2 Å². The van der Waals surface area contributed by atoms with Crippen LogP contribution in [0.1, 0.15) is 168 Å². The molecule has 3 saturated heterocycles. The normalized spacial score (nSPS) is 32.0. The Balaban J connectivity index is 1.49. The van der Waals surface area contributed by atoms with Crippen LogP contribution < -0.4 is 5.32 Å². The Labute approximate surface area is 434 Å². The van der Waals surface area contributed by atoms with E-state index < -0.39 is 124 Å². The molecule has 3 aliphatic rings. The number of aliphatic hydroxyl groups is 11. The maximum Gasteiger partial charge on any atom is 0.220 e. The molecule has 0 spiro atoms. The Morgan fingerprint density at radius 1 is 0.507 bits per heavy atom. The van der Waals surface area contributed by atoms with Gasteiger partial charge in [-0.05, 0) is 39.0 Å². The largest absolute Gasteiger partial charge is 0.394 e. The van der Waals surface area contributed by atoms with Gasteiger partial charge in [-0.1, -0.05) is 159 Å². The van der Waals surface area contributed by atoms with E-state index in [-0.39, 0.29) is 18.9 Å². The van der Waals surface area contributed by atoms with Crippen LogP contribution in [0.3, 0.4) is 0 Å². The van der Waals surface area contributed by atoms with E-state index in [1.165, 1.54) is 96.3 Å². The standard InChI is InChI=1S/C54H97NO18/c1-3-5-7-9-11-13-14-15-16-17-18-19-20-21-22-24-26-28-30-32-42(60)55-37(38(59)31-29-27-25-23-12-10-8-6-4-2)36-68-52-48(66)45(63)50(40(34-57)70-52)73-54-49(67)46(64)51(41(35-58)71-54)72-53-47(65)44(62)43(61)39(33-56)69-53/h4,6,12,23,29,31,37-41,43-54,56-59,61-67H,3,5,7-11,13-22,24-28,30,32-36H2,1-2H3,(H,55,60)/b6-4+,23-12+,31-29+. The predicted molar refractivity (Wildman–Crippen MR) is 272 cm³/mol. The van der Waals surface area contributed by atoms with Gasteiger partial charge in [-0.3, -0.25) is 4.79 Å². The first kappa shape index (κ1) is 65.3. The van der Waals surface area contributed by atoms with Crippen molar-refractivity contribution in [1.82, 2.24) is 5.32 Å². The summed E-state index contributed by atoms with van der Waals surface area (Å²) < 4.78 is 34.1. The fourth-order valence-electron chi connectivity index (χ4n) is 9.41. The van der Waals surface area contributed by atoms with Crippen molar-refractivity contribution < 1.29 is 89.4 Å². The highest BCUT2D eigenvalue weighted by Gasteiger charge is 2.53. The molecule has 0 aromatic carbocycles. The van der Waals surface area contributed by atoms with Gasteiger partial charge in [0.15, 0.2) is 18.9 Å². The van der Waals surface area contributed by atoms with Gasteiger partial charge in [0, 0.05) is 6.42 Å². The van der Waals surface area contributed by atoms with Crippen molar-refractivity contribution in [2.24, 2.45) is 0 Å². The molecule has 1 amide bonds. The number of hydrogen-bond donors (Lipinski definition) is 12. The highest BCUT2D eigenvalue weighted by atomic mass is 16.8. The average molecular weight is 1050 g/mol. The van der Waals surface area contributed by atoms with Crippen molar-refractivity contribution in [1.29, 1.82) is 0 Å². The molecule has 3 fully saturated rings. The van der Waals surface area contributed by atoms with Crippen molar-refractivity contribution in [3.63, 3.8) is 0 Å². The minimum absolute atomic E-state index is 0.234. The second-order valence-electron chi connectivity index (χ2n) is 20.0. The van der Waals surface area contributed by atoms with Crippen LogP contribution in [0.4, 0.5) is 0 Å². The van der Waals surface area contributed by atoms with E-state index in [0.717, 1.165) is 38.5 Å². The van der Waals surface area contributed by atoms with Gasteiger partial charge in [0.1, 0.15) is 73.2 Å². The van der Waals surface area contributed by atoms with Crippen LogP contribution in [-0.4, -0.2) is 193 Å². The number of carbonyl (C=O) groups is 1. The lowest BCUT2D eigenvalue weighted by molar-refractivity contribution is -0.379. The van der Waals surface area contributed by atoms with Crippen LogP contribution in [0.5, 0.6) is 0 Å². The van der Waals surface area contributed by atoms with Crippen molar-refractivity contribution in [2.75, 3.05) is 26.4 Å². The van der Waals surface area contributed by atoms with Crippen LogP contribution >= 0.6 is 0 Å². The maximum atomic E-state index is 13.2. The molecule has 17 atom stereocenters. The monoisotopic (exact) mass is 1050 g/mol. The first-order valence-corrected chi connectivity index (χ1v) is 27.7. The lowest BCUT2D eigenvalue weighted by Gasteiger charge is -2.48. The fourth-order valence-corrected chi connectivity index (χ4v) is 9.41. The van der Waals surface area contributed by atoms with E-state index in [1.807, 2.05) is 13.0 Å². The van der Waals surface area contributed by atoms with Gasteiger partial charge in [-0.15, -0.1) is 0 Å². The molecule has 3 aliphatic heterocycles. The minimum atomic E-state index is -1.98. The zero-order valence-corrected chi connectivity index (χ0v) is 43.9. The molecule has 19 nitrogen and oxygen atoms in total. The summed E-state index contributed by atoms with van der Waals surface area (Å²) >= 11 is 0. The molecule has 0 saturated carbocycles. The molecule has 0 aliphatic carbocycles. The Bertz CT molecular complexity index is 1490. The molecule has 19 heteroatoms. The fraction of sp³-hybridized carbons (Fsp3) is 0.870. The Kier molecular flexibility index (Phi) is 34.5. The van der Waals surface area contributed by atoms with E-state index in [0.29, 0.717) is 12.8 Å². The highest BCUT2D eigenvalue weighted by molar-refractivity contribution is 5.76. The number of unbranched alkanes of at least 4 members (excludes halogenated alkanes) is 20. The van der Waals surface area contributed by atoms with Crippen LogP contribution in [0.25, 0.3) is 0 Å². The van der Waals surface area contributed by atoms with E-state index in [9.17, 15) is 61.0 Å². The van der Waals surface area contributed by atoms with Crippen molar-refractivity contribution in [3.8, 4) is 0 Å². The zero-order valence-electron chi connectivity index (χ0n) is 43.9. The molecular weight excluding hydrogens is 951 g/mol. The van der Waals surface area contributed by atoms with Crippen LogP contribution in [0.2, 0.25) is 0 Å². The van der Waals surface area contributed by atoms with E-state index in [2.05, 4.69) is 30.5 Å². The third kappa shape index (κ3) is 23.7.